The van der Waals surface area contributed by atoms with E-state index in [1.165, 1.54) is 0 Å². The Morgan fingerprint density at radius 3 is 2.70 bits per heavy atom. The van der Waals surface area contributed by atoms with Crippen LogP contribution in [-0.2, 0) is 12.8 Å². The van der Waals surface area contributed by atoms with Crippen LogP contribution in [0.4, 0.5) is 0 Å². The maximum Gasteiger partial charge on any atom is 0.253 e. The monoisotopic (exact) mass is 288 g/mol. The quantitative estimate of drug-likeness (QED) is 0.691. The minimum absolute atomic E-state index is 0.666. The molecule has 0 N–H and O–H groups in total. The zero-order valence-corrected chi connectivity index (χ0v) is 12.8. The fraction of sp³-hybridized carbons (Fsp3) is 0.385. The van der Waals surface area contributed by atoms with Crippen molar-refractivity contribution in [3.63, 3.8) is 0 Å². The van der Waals surface area contributed by atoms with E-state index < -0.39 is 0 Å². The number of hydrogen-bond donors (Lipinski definition) is 0. The summed E-state index contributed by atoms with van der Waals surface area (Å²) >= 11 is 1.60. The molecular formula is C13H16N6S. The smallest absolute Gasteiger partial charge is 0.253 e. The summed E-state index contributed by atoms with van der Waals surface area (Å²) < 4.78 is 3.61. The number of fused-ring (bicyclic) bond motifs is 1. The van der Waals surface area contributed by atoms with E-state index in [0.717, 1.165) is 33.4 Å². The molecule has 7 heteroatoms. The highest BCUT2D eigenvalue weighted by Gasteiger charge is 2.11. The number of hydrogen-bond acceptors (Lipinski definition) is 5. The van der Waals surface area contributed by atoms with Crippen LogP contribution >= 0.6 is 11.8 Å². The Morgan fingerprint density at radius 1 is 1.20 bits per heavy atom. The van der Waals surface area contributed by atoms with E-state index in [0.29, 0.717) is 5.78 Å². The van der Waals surface area contributed by atoms with Crippen LogP contribution in [0.1, 0.15) is 22.5 Å². The largest absolute Gasteiger partial charge is 0.276 e. The highest BCUT2D eigenvalue weighted by atomic mass is 32.2. The maximum atomic E-state index is 4.51. The Labute approximate surface area is 121 Å². The fourth-order valence-corrected chi connectivity index (χ4v) is 2.72. The molecule has 0 unspecified atom stereocenters. The summed E-state index contributed by atoms with van der Waals surface area (Å²) in [5.41, 5.74) is 4.42. The highest BCUT2D eigenvalue weighted by molar-refractivity contribution is 7.98. The summed E-state index contributed by atoms with van der Waals surface area (Å²) in [6.07, 6.45) is 3.86. The van der Waals surface area contributed by atoms with E-state index in [-0.39, 0.29) is 0 Å². The third-order valence-electron chi connectivity index (χ3n) is 3.37. The molecule has 0 aliphatic heterocycles. The second-order valence-corrected chi connectivity index (χ2v) is 5.77. The second kappa shape index (κ2) is 4.90. The lowest BCUT2D eigenvalue weighted by atomic mass is 10.2. The Kier molecular flexibility index (Phi) is 3.21. The van der Waals surface area contributed by atoms with E-state index in [4.69, 9.17) is 0 Å². The van der Waals surface area contributed by atoms with Gasteiger partial charge in [-0.1, -0.05) is 11.8 Å². The van der Waals surface area contributed by atoms with Crippen molar-refractivity contribution >= 4 is 17.5 Å². The lowest BCUT2D eigenvalue weighted by Gasteiger charge is -2.04. The molecule has 3 heterocycles. The molecule has 3 aromatic rings. The first kappa shape index (κ1) is 13.1. The van der Waals surface area contributed by atoms with Crippen molar-refractivity contribution in [3.8, 4) is 0 Å². The van der Waals surface area contributed by atoms with Gasteiger partial charge in [0.05, 0.1) is 6.20 Å². The van der Waals surface area contributed by atoms with Gasteiger partial charge in [0.2, 0.25) is 5.16 Å². The standard InChI is InChI=1S/C13H16N6S/c1-8-9(2)15-12-16-13(17-19(12)10(8)3)20-7-11-5-14-18(4)6-11/h5-6H,7H2,1-4H3. The normalized spacial score (nSPS) is 11.4. The molecule has 0 amide bonds. The molecule has 3 rings (SSSR count). The summed E-state index contributed by atoms with van der Waals surface area (Å²) in [5, 5.41) is 9.41. The number of rotatable bonds is 3. The topological polar surface area (TPSA) is 60.9 Å². The van der Waals surface area contributed by atoms with Crippen LogP contribution in [0.15, 0.2) is 17.6 Å². The maximum absolute atomic E-state index is 4.51. The fourth-order valence-electron chi connectivity index (χ4n) is 1.99. The van der Waals surface area contributed by atoms with Crippen LogP contribution in [0.2, 0.25) is 0 Å². The molecule has 20 heavy (non-hydrogen) atoms. The number of aryl methyl sites for hydroxylation is 3. The van der Waals surface area contributed by atoms with E-state index in [2.05, 4.69) is 27.1 Å². The minimum atomic E-state index is 0.666. The van der Waals surface area contributed by atoms with Crippen LogP contribution in [0.25, 0.3) is 5.78 Å². The van der Waals surface area contributed by atoms with Crippen molar-refractivity contribution in [2.24, 2.45) is 7.05 Å². The summed E-state index contributed by atoms with van der Waals surface area (Å²) in [5.74, 6) is 1.47. The van der Waals surface area contributed by atoms with Crippen LogP contribution in [0, 0.1) is 20.8 Å². The van der Waals surface area contributed by atoms with Gasteiger partial charge in [-0.25, -0.2) is 9.50 Å². The molecule has 0 spiro atoms. The van der Waals surface area contributed by atoms with E-state index in [1.54, 1.807) is 16.4 Å². The zero-order chi connectivity index (χ0) is 14.3. The Bertz CT molecular complexity index is 773. The summed E-state index contributed by atoms with van der Waals surface area (Å²) in [7, 11) is 1.91. The first-order valence-electron chi connectivity index (χ1n) is 6.35. The van der Waals surface area contributed by atoms with Gasteiger partial charge in [0.1, 0.15) is 0 Å². The summed E-state index contributed by atoms with van der Waals surface area (Å²) in [4.78, 5) is 8.95. The average molecular weight is 288 g/mol. The predicted octanol–water partition coefficient (Wildman–Crippen LogP) is 2.08. The third kappa shape index (κ3) is 2.29. The molecule has 3 aromatic heterocycles. The lowest BCUT2D eigenvalue weighted by Crippen LogP contribution is -2.02. The van der Waals surface area contributed by atoms with Crippen LogP contribution in [0.5, 0.6) is 0 Å². The van der Waals surface area contributed by atoms with E-state index in [1.807, 2.05) is 37.8 Å². The van der Waals surface area contributed by atoms with Crippen molar-refractivity contribution in [3.05, 3.63) is 34.9 Å². The number of nitrogens with zero attached hydrogens (tertiary/aromatic N) is 6. The Morgan fingerprint density at radius 2 is 2.00 bits per heavy atom. The number of aromatic nitrogens is 6. The van der Waals surface area contributed by atoms with Crippen LogP contribution < -0.4 is 0 Å². The van der Waals surface area contributed by atoms with Crippen molar-refractivity contribution in [2.45, 2.75) is 31.7 Å². The van der Waals surface area contributed by atoms with Gasteiger partial charge in [-0.15, -0.1) is 5.10 Å². The molecule has 0 saturated carbocycles. The molecule has 0 aliphatic carbocycles. The average Bonchev–Trinajstić information content (AvgIpc) is 3.00. The molecule has 0 bridgehead atoms. The Hall–Kier alpha value is -1.89. The molecular weight excluding hydrogens is 272 g/mol. The summed E-state index contributed by atoms with van der Waals surface area (Å²) in [6, 6.07) is 0. The van der Waals surface area contributed by atoms with Crippen LogP contribution in [-0.4, -0.2) is 29.4 Å². The van der Waals surface area contributed by atoms with Crippen molar-refractivity contribution in [1.82, 2.24) is 29.4 Å². The van der Waals surface area contributed by atoms with Gasteiger partial charge in [-0.3, -0.25) is 4.68 Å². The predicted molar refractivity (Wildman–Crippen MR) is 77.8 cm³/mol. The van der Waals surface area contributed by atoms with Gasteiger partial charge in [-0.05, 0) is 26.3 Å². The van der Waals surface area contributed by atoms with E-state index in [9.17, 15) is 0 Å². The zero-order valence-electron chi connectivity index (χ0n) is 12.0. The second-order valence-electron chi connectivity index (χ2n) is 4.82. The van der Waals surface area contributed by atoms with E-state index >= 15 is 0 Å². The van der Waals surface area contributed by atoms with Gasteiger partial charge in [0, 0.05) is 35.9 Å². The SMILES string of the molecule is Cc1nc2nc(SCc3cnn(C)c3)nn2c(C)c1C. The molecule has 0 aromatic carbocycles. The molecule has 6 nitrogen and oxygen atoms in total. The number of thioether (sulfide) groups is 1. The molecule has 0 aliphatic rings. The van der Waals surface area contributed by atoms with Gasteiger partial charge >= 0.3 is 0 Å². The van der Waals surface area contributed by atoms with Gasteiger partial charge < -0.3 is 0 Å². The lowest BCUT2D eigenvalue weighted by molar-refractivity contribution is 0.767. The molecule has 104 valence electrons. The van der Waals surface area contributed by atoms with Crippen LogP contribution in [0.3, 0.4) is 0 Å². The van der Waals surface area contributed by atoms with Gasteiger partial charge in [0.25, 0.3) is 5.78 Å². The molecule has 0 radical (unpaired) electrons. The third-order valence-corrected chi connectivity index (χ3v) is 4.28. The molecule has 0 atom stereocenters. The van der Waals surface area contributed by atoms with Gasteiger partial charge in [-0.2, -0.15) is 10.1 Å². The van der Waals surface area contributed by atoms with Crippen molar-refractivity contribution < 1.29 is 0 Å². The molecule has 0 saturated heterocycles. The minimum Gasteiger partial charge on any atom is -0.276 e. The first-order valence-corrected chi connectivity index (χ1v) is 7.34. The van der Waals surface area contributed by atoms with Crippen molar-refractivity contribution in [1.29, 1.82) is 0 Å². The van der Waals surface area contributed by atoms with Gasteiger partial charge in [0.15, 0.2) is 0 Å². The highest BCUT2D eigenvalue weighted by Crippen LogP contribution is 2.21. The molecule has 0 fully saturated rings. The summed E-state index contributed by atoms with van der Waals surface area (Å²) in [6.45, 7) is 6.10. The Balaban J connectivity index is 1.88. The van der Waals surface area contributed by atoms with Crippen molar-refractivity contribution in [2.75, 3.05) is 0 Å². The first-order chi connectivity index (χ1) is 9.54.